The van der Waals surface area contributed by atoms with Crippen molar-refractivity contribution in [3.63, 3.8) is 0 Å². The summed E-state index contributed by atoms with van der Waals surface area (Å²) in [6, 6.07) is 19.6. The van der Waals surface area contributed by atoms with Gasteiger partial charge in [-0.1, -0.05) is 48.0 Å². The quantitative estimate of drug-likeness (QED) is 0.330. The van der Waals surface area contributed by atoms with E-state index in [0.717, 1.165) is 25.6 Å². The van der Waals surface area contributed by atoms with Gasteiger partial charge in [-0.05, 0) is 53.2 Å². The highest BCUT2D eigenvalue weighted by molar-refractivity contribution is 14.1. The van der Waals surface area contributed by atoms with Gasteiger partial charge in [0, 0.05) is 38.2 Å². The molecular formula is C22H19BClIN2O2. The molecule has 0 heterocycles. The number of ether oxygens (including phenoxy) is 1. The normalized spacial score (nSPS) is 10.9. The molecule has 3 aromatic carbocycles. The molecule has 0 aliphatic rings. The van der Waals surface area contributed by atoms with Gasteiger partial charge in [0.25, 0.3) is 0 Å². The summed E-state index contributed by atoms with van der Waals surface area (Å²) in [7, 11) is -0.727. The number of nitrogens with zero attached hydrogens (tertiary/aromatic N) is 2. The SMILES string of the molecule is CB(O)N(CC=CCl)c1cc(OCc2ccccc2)c2ccc(C#N)cc2c1I. The fourth-order valence-corrected chi connectivity index (χ4v) is 4.07. The molecule has 0 fully saturated rings. The molecule has 0 bridgehead atoms. The van der Waals surface area contributed by atoms with Gasteiger partial charge in [0.1, 0.15) is 12.4 Å². The lowest BCUT2D eigenvalue weighted by atomic mass is 9.84. The number of rotatable bonds is 7. The van der Waals surface area contributed by atoms with E-state index in [4.69, 9.17) is 16.3 Å². The van der Waals surface area contributed by atoms with Gasteiger partial charge in [0.05, 0.1) is 11.6 Å². The second-order valence-electron chi connectivity index (χ2n) is 6.50. The van der Waals surface area contributed by atoms with Crippen molar-refractivity contribution in [2.75, 3.05) is 11.4 Å². The summed E-state index contributed by atoms with van der Waals surface area (Å²) in [6.07, 6.45) is 1.77. The van der Waals surface area contributed by atoms with Crippen molar-refractivity contribution in [1.82, 2.24) is 0 Å². The van der Waals surface area contributed by atoms with Crippen LogP contribution in [0.5, 0.6) is 5.75 Å². The Bertz CT molecular complexity index is 1070. The first-order chi connectivity index (χ1) is 14.0. The van der Waals surface area contributed by atoms with E-state index in [2.05, 4.69) is 28.7 Å². The van der Waals surface area contributed by atoms with Gasteiger partial charge in [0.2, 0.25) is 0 Å². The van der Waals surface area contributed by atoms with Crippen LogP contribution >= 0.6 is 34.2 Å². The predicted molar refractivity (Wildman–Crippen MR) is 128 cm³/mol. The largest absolute Gasteiger partial charge is 0.488 e. The lowest BCUT2D eigenvalue weighted by Crippen LogP contribution is -2.37. The average molecular weight is 517 g/mol. The third-order valence-corrected chi connectivity index (χ3v) is 5.84. The number of nitriles is 1. The standard InChI is InChI=1S/C22H19BClIN2O2/c1-23(28)27(11-5-10-24)20-13-21(29-15-16-6-3-2-4-7-16)18-9-8-17(14-26)12-19(18)22(20)25/h2-10,12-13,28H,11,15H2,1H3. The van der Waals surface area contributed by atoms with E-state index in [1.54, 1.807) is 19.0 Å². The Kier molecular flexibility index (Phi) is 7.42. The van der Waals surface area contributed by atoms with Crippen molar-refractivity contribution in [3.8, 4) is 11.8 Å². The number of benzene rings is 3. The summed E-state index contributed by atoms with van der Waals surface area (Å²) < 4.78 is 7.11. The van der Waals surface area contributed by atoms with Crippen LogP contribution in [0.2, 0.25) is 6.82 Å². The van der Waals surface area contributed by atoms with Gasteiger partial charge in [-0.25, -0.2) is 0 Å². The topological polar surface area (TPSA) is 56.5 Å². The Balaban J connectivity index is 2.12. The summed E-state index contributed by atoms with van der Waals surface area (Å²) >= 11 is 7.96. The molecule has 0 aliphatic heterocycles. The van der Waals surface area contributed by atoms with E-state index >= 15 is 0 Å². The molecule has 0 radical (unpaired) electrons. The highest BCUT2D eigenvalue weighted by atomic mass is 127. The predicted octanol–water partition coefficient (Wildman–Crippen LogP) is 5.56. The van der Waals surface area contributed by atoms with Crippen molar-refractivity contribution in [3.05, 3.63) is 80.9 Å². The van der Waals surface area contributed by atoms with Crippen LogP contribution in [-0.4, -0.2) is 18.6 Å². The molecule has 0 atom stereocenters. The van der Waals surface area contributed by atoms with Crippen molar-refractivity contribution in [2.45, 2.75) is 13.4 Å². The van der Waals surface area contributed by atoms with Gasteiger partial charge >= 0.3 is 7.05 Å². The minimum absolute atomic E-state index is 0.423. The molecule has 146 valence electrons. The molecule has 7 heteroatoms. The summed E-state index contributed by atoms with van der Waals surface area (Å²) in [5, 5.41) is 21.5. The zero-order valence-electron chi connectivity index (χ0n) is 15.8. The van der Waals surface area contributed by atoms with E-state index in [1.165, 1.54) is 5.54 Å². The van der Waals surface area contributed by atoms with E-state index in [-0.39, 0.29) is 0 Å². The van der Waals surface area contributed by atoms with Gasteiger partial charge < -0.3 is 14.6 Å². The van der Waals surface area contributed by atoms with Crippen LogP contribution in [0.3, 0.4) is 0 Å². The second kappa shape index (κ2) is 10.0. The van der Waals surface area contributed by atoms with E-state index in [0.29, 0.717) is 24.5 Å². The summed E-state index contributed by atoms with van der Waals surface area (Å²) in [5.41, 5.74) is 3.89. The minimum Gasteiger partial charge on any atom is -0.488 e. The van der Waals surface area contributed by atoms with E-state index in [9.17, 15) is 10.3 Å². The number of anilines is 1. The molecule has 0 unspecified atom stereocenters. The van der Waals surface area contributed by atoms with E-state index in [1.807, 2.05) is 53.3 Å². The van der Waals surface area contributed by atoms with Crippen LogP contribution in [0.1, 0.15) is 11.1 Å². The molecule has 4 nitrogen and oxygen atoms in total. The van der Waals surface area contributed by atoms with E-state index < -0.39 is 7.05 Å². The number of halogens is 2. The van der Waals surface area contributed by atoms with Crippen molar-refractivity contribution in [1.29, 1.82) is 5.26 Å². The van der Waals surface area contributed by atoms with Crippen LogP contribution in [0.25, 0.3) is 10.8 Å². The molecular weight excluding hydrogens is 497 g/mol. The first kappa shape index (κ1) is 21.5. The number of hydrogen-bond acceptors (Lipinski definition) is 4. The van der Waals surface area contributed by atoms with Crippen molar-refractivity contribution >= 4 is 57.7 Å². The van der Waals surface area contributed by atoms with Crippen molar-refractivity contribution in [2.24, 2.45) is 0 Å². The average Bonchev–Trinajstić information content (AvgIpc) is 2.74. The molecule has 0 spiro atoms. The fraction of sp³-hybridized carbons (Fsp3) is 0.136. The monoisotopic (exact) mass is 516 g/mol. The molecule has 0 amide bonds. The fourth-order valence-electron chi connectivity index (χ4n) is 3.08. The maximum absolute atomic E-state index is 10.3. The maximum Gasteiger partial charge on any atom is 0.409 e. The molecule has 0 aliphatic carbocycles. The molecule has 3 aromatic rings. The minimum atomic E-state index is -0.727. The molecule has 3 rings (SSSR count). The van der Waals surface area contributed by atoms with Crippen LogP contribution in [0.15, 0.2) is 66.2 Å². The van der Waals surface area contributed by atoms with Gasteiger partial charge in [0.15, 0.2) is 0 Å². The third-order valence-electron chi connectivity index (χ3n) is 4.53. The molecule has 1 N–H and O–H groups in total. The van der Waals surface area contributed by atoms with Crippen LogP contribution in [-0.2, 0) is 6.61 Å². The number of fused-ring (bicyclic) bond motifs is 1. The first-order valence-electron chi connectivity index (χ1n) is 9.08. The highest BCUT2D eigenvalue weighted by Gasteiger charge is 2.22. The summed E-state index contributed by atoms with van der Waals surface area (Å²) in [5.74, 6) is 0.698. The van der Waals surface area contributed by atoms with Crippen LogP contribution in [0, 0.1) is 14.9 Å². The second-order valence-corrected chi connectivity index (χ2v) is 7.83. The highest BCUT2D eigenvalue weighted by Crippen LogP contribution is 2.38. The Morgan fingerprint density at radius 1 is 1.21 bits per heavy atom. The Labute approximate surface area is 189 Å². The Morgan fingerprint density at radius 2 is 1.97 bits per heavy atom. The zero-order valence-corrected chi connectivity index (χ0v) is 18.8. The number of hydrogen-bond donors (Lipinski definition) is 1. The smallest absolute Gasteiger partial charge is 0.409 e. The van der Waals surface area contributed by atoms with Gasteiger partial charge in [-0.15, -0.1) is 0 Å². The third kappa shape index (κ3) is 5.05. The van der Waals surface area contributed by atoms with Gasteiger partial charge in [-0.2, -0.15) is 5.26 Å². The zero-order chi connectivity index (χ0) is 20.8. The molecule has 0 saturated carbocycles. The summed E-state index contributed by atoms with van der Waals surface area (Å²) in [6.45, 7) is 2.57. The van der Waals surface area contributed by atoms with Crippen LogP contribution in [0.4, 0.5) is 5.69 Å². The first-order valence-corrected chi connectivity index (χ1v) is 10.6. The Morgan fingerprint density at radius 3 is 2.62 bits per heavy atom. The molecule has 0 aromatic heterocycles. The van der Waals surface area contributed by atoms with Crippen molar-refractivity contribution < 1.29 is 9.76 Å². The lowest BCUT2D eigenvalue weighted by Gasteiger charge is -2.27. The Hall–Kier alpha value is -2.21. The molecule has 29 heavy (non-hydrogen) atoms. The maximum atomic E-state index is 10.3. The molecule has 0 saturated heterocycles. The van der Waals surface area contributed by atoms with Crippen LogP contribution < -0.4 is 9.55 Å². The summed E-state index contributed by atoms with van der Waals surface area (Å²) in [4.78, 5) is 1.83. The van der Waals surface area contributed by atoms with Gasteiger partial charge in [-0.3, -0.25) is 0 Å². The lowest BCUT2D eigenvalue weighted by molar-refractivity contribution is 0.310.